The van der Waals surface area contributed by atoms with Crippen LogP contribution in [0.4, 0.5) is 0 Å². The Labute approximate surface area is 102 Å². The van der Waals surface area contributed by atoms with Gasteiger partial charge in [0.15, 0.2) is 5.78 Å². The summed E-state index contributed by atoms with van der Waals surface area (Å²) in [6, 6.07) is 5.69. The highest BCUT2D eigenvalue weighted by Crippen LogP contribution is 2.26. The largest absolute Gasteiger partial charge is 0.396 e. The van der Waals surface area contributed by atoms with Crippen LogP contribution in [0.5, 0.6) is 0 Å². The Balaban J connectivity index is 2.81. The topological polar surface area (TPSA) is 37.3 Å². The highest BCUT2D eigenvalue weighted by Gasteiger charge is 2.07. The van der Waals surface area contributed by atoms with E-state index < -0.39 is 0 Å². The Morgan fingerprint density at radius 2 is 2.27 bits per heavy atom. The van der Waals surface area contributed by atoms with E-state index in [0.29, 0.717) is 0 Å². The summed E-state index contributed by atoms with van der Waals surface area (Å²) < 4.78 is 0.916. The average molecular weight is 289 g/mol. The van der Waals surface area contributed by atoms with E-state index in [9.17, 15) is 4.79 Å². The highest BCUT2D eigenvalue weighted by molar-refractivity contribution is 9.10. The fraction of sp³-hybridized carbons (Fsp3) is 0.364. The zero-order valence-electron chi connectivity index (χ0n) is 8.50. The van der Waals surface area contributed by atoms with Crippen molar-refractivity contribution in [2.75, 3.05) is 12.4 Å². The van der Waals surface area contributed by atoms with Crippen LogP contribution in [-0.4, -0.2) is 23.2 Å². The quantitative estimate of drug-likeness (QED) is 0.514. The van der Waals surface area contributed by atoms with Gasteiger partial charge in [0, 0.05) is 27.3 Å². The SMILES string of the molecule is CC(=O)c1cc(Br)ccc1SCCCO. The molecule has 82 valence electrons. The van der Waals surface area contributed by atoms with E-state index >= 15 is 0 Å². The minimum absolute atomic E-state index is 0.0720. The maximum atomic E-state index is 11.4. The summed E-state index contributed by atoms with van der Waals surface area (Å²) in [7, 11) is 0. The summed E-state index contributed by atoms with van der Waals surface area (Å²) in [4.78, 5) is 12.4. The minimum Gasteiger partial charge on any atom is -0.396 e. The van der Waals surface area contributed by atoms with Crippen molar-refractivity contribution in [3.05, 3.63) is 28.2 Å². The van der Waals surface area contributed by atoms with Gasteiger partial charge in [0.05, 0.1) is 0 Å². The number of halogens is 1. The molecule has 0 fully saturated rings. The Morgan fingerprint density at radius 3 is 2.87 bits per heavy atom. The zero-order chi connectivity index (χ0) is 11.3. The number of hydrogen-bond donors (Lipinski definition) is 1. The molecular formula is C11H13BrO2S. The monoisotopic (exact) mass is 288 g/mol. The fourth-order valence-corrected chi connectivity index (χ4v) is 2.53. The molecule has 0 saturated carbocycles. The van der Waals surface area contributed by atoms with Crippen molar-refractivity contribution in [2.24, 2.45) is 0 Å². The summed E-state index contributed by atoms with van der Waals surface area (Å²) in [6.07, 6.45) is 0.748. The van der Waals surface area contributed by atoms with Gasteiger partial charge in [-0.15, -0.1) is 11.8 Å². The third kappa shape index (κ3) is 3.97. The van der Waals surface area contributed by atoms with Crippen molar-refractivity contribution >= 4 is 33.5 Å². The van der Waals surface area contributed by atoms with Crippen LogP contribution in [0.25, 0.3) is 0 Å². The third-order valence-electron chi connectivity index (χ3n) is 1.88. The van der Waals surface area contributed by atoms with E-state index in [4.69, 9.17) is 5.11 Å². The van der Waals surface area contributed by atoms with Gasteiger partial charge in [0.2, 0.25) is 0 Å². The molecular weight excluding hydrogens is 276 g/mol. The molecule has 0 aromatic heterocycles. The fourth-order valence-electron chi connectivity index (χ4n) is 1.15. The van der Waals surface area contributed by atoms with Crippen LogP contribution >= 0.6 is 27.7 Å². The smallest absolute Gasteiger partial charge is 0.160 e. The first-order chi connectivity index (χ1) is 7.15. The lowest BCUT2D eigenvalue weighted by molar-refractivity contribution is 0.101. The highest BCUT2D eigenvalue weighted by atomic mass is 79.9. The predicted octanol–water partition coefficient (Wildman–Crippen LogP) is 3.13. The first-order valence-corrected chi connectivity index (χ1v) is 6.47. The van der Waals surface area contributed by atoms with E-state index in [1.165, 1.54) is 0 Å². The standard InChI is InChI=1S/C11H13BrO2S/c1-8(14)10-7-9(12)3-4-11(10)15-6-2-5-13/h3-4,7,13H,2,5-6H2,1H3. The molecule has 0 radical (unpaired) electrons. The summed E-state index contributed by atoms with van der Waals surface area (Å²) in [5.41, 5.74) is 0.743. The van der Waals surface area contributed by atoms with Crippen molar-refractivity contribution < 1.29 is 9.90 Å². The van der Waals surface area contributed by atoms with Crippen LogP contribution < -0.4 is 0 Å². The summed E-state index contributed by atoms with van der Waals surface area (Å²) in [5, 5.41) is 8.68. The van der Waals surface area contributed by atoms with Crippen LogP contribution in [0.2, 0.25) is 0 Å². The van der Waals surface area contributed by atoms with Crippen LogP contribution in [0.15, 0.2) is 27.6 Å². The van der Waals surface area contributed by atoms with Crippen molar-refractivity contribution in [1.29, 1.82) is 0 Å². The molecule has 0 unspecified atom stereocenters. The lowest BCUT2D eigenvalue weighted by Gasteiger charge is -2.06. The van der Waals surface area contributed by atoms with Gasteiger partial charge in [-0.3, -0.25) is 4.79 Å². The van der Waals surface area contributed by atoms with Gasteiger partial charge < -0.3 is 5.11 Å². The molecule has 0 amide bonds. The Morgan fingerprint density at radius 1 is 1.53 bits per heavy atom. The van der Waals surface area contributed by atoms with Gasteiger partial charge in [-0.1, -0.05) is 15.9 Å². The van der Waals surface area contributed by atoms with Gasteiger partial charge in [-0.05, 0) is 31.5 Å². The number of carbonyl (C=O) groups is 1. The number of rotatable bonds is 5. The third-order valence-corrected chi connectivity index (χ3v) is 3.53. The van der Waals surface area contributed by atoms with Crippen molar-refractivity contribution in [3.8, 4) is 0 Å². The Bertz CT molecular complexity index is 352. The number of Topliss-reactive ketones (excluding diaryl/α,β-unsaturated/α-hetero) is 1. The number of thioether (sulfide) groups is 1. The molecule has 0 aliphatic heterocycles. The second-order valence-corrected chi connectivity index (χ2v) is 5.17. The lowest BCUT2D eigenvalue weighted by atomic mass is 10.1. The van der Waals surface area contributed by atoms with Gasteiger partial charge in [0.1, 0.15) is 0 Å². The number of aliphatic hydroxyl groups is 1. The molecule has 1 aromatic carbocycles. The first kappa shape index (κ1) is 12.7. The second kappa shape index (κ2) is 6.30. The molecule has 0 spiro atoms. The number of ketones is 1. The molecule has 0 atom stereocenters. The van der Waals surface area contributed by atoms with Gasteiger partial charge in [0.25, 0.3) is 0 Å². The molecule has 15 heavy (non-hydrogen) atoms. The maximum Gasteiger partial charge on any atom is 0.160 e. The van der Waals surface area contributed by atoms with Gasteiger partial charge in [-0.25, -0.2) is 0 Å². The van der Waals surface area contributed by atoms with Crippen LogP contribution in [-0.2, 0) is 0 Å². The average Bonchev–Trinajstić information content (AvgIpc) is 2.20. The van der Waals surface area contributed by atoms with Crippen molar-refractivity contribution in [1.82, 2.24) is 0 Å². The van der Waals surface area contributed by atoms with Crippen molar-refractivity contribution in [3.63, 3.8) is 0 Å². The first-order valence-electron chi connectivity index (χ1n) is 4.69. The Kier molecular flexibility index (Phi) is 5.36. The summed E-state index contributed by atoms with van der Waals surface area (Å²) >= 11 is 4.95. The number of carbonyl (C=O) groups excluding carboxylic acids is 1. The molecule has 0 heterocycles. The molecule has 4 heteroatoms. The van der Waals surface area contributed by atoms with E-state index in [1.54, 1.807) is 18.7 Å². The molecule has 0 saturated heterocycles. The molecule has 0 aliphatic rings. The number of hydrogen-bond acceptors (Lipinski definition) is 3. The minimum atomic E-state index is 0.0720. The normalized spacial score (nSPS) is 10.3. The second-order valence-electron chi connectivity index (χ2n) is 3.12. The van der Waals surface area contributed by atoms with E-state index in [1.807, 2.05) is 18.2 Å². The molecule has 1 aromatic rings. The number of benzene rings is 1. The lowest BCUT2D eigenvalue weighted by Crippen LogP contribution is -1.96. The van der Waals surface area contributed by atoms with Crippen LogP contribution in [0.3, 0.4) is 0 Å². The molecule has 1 N–H and O–H groups in total. The van der Waals surface area contributed by atoms with E-state index in [2.05, 4.69) is 15.9 Å². The molecule has 0 bridgehead atoms. The molecule has 1 rings (SSSR count). The van der Waals surface area contributed by atoms with Crippen molar-refractivity contribution in [2.45, 2.75) is 18.2 Å². The van der Waals surface area contributed by atoms with E-state index in [-0.39, 0.29) is 12.4 Å². The summed E-state index contributed by atoms with van der Waals surface area (Å²) in [6.45, 7) is 1.76. The van der Waals surface area contributed by atoms with Gasteiger partial charge in [-0.2, -0.15) is 0 Å². The predicted molar refractivity (Wildman–Crippen MR) is 66.6 cm³/mol. The van der Waals surface area contributed by atoms with E-state index in [0.717, 1.165) is 27.1 Å². The summed E-state index contributed by atoms with van der Waals surface area (Å²) in [5.74, 6) is 0.904. The maximum absolute atomic E-state index is 11.4. The Hall–Kier alpha value is -0.320. The molecule has 2 nitrogen and oxygen atoms in total. The zero-order valence-corrected chi connectivity index (χ0v) is 10.9. The molecule has 0 aliphatic carbocycles. The number of aliphatic hydroxyl groups excluding tert-OH is 1. The van der Waals surface area contributed by atoms with Crippen LogP contribution in [0, 0.1) is 0 Å². The van der Waals surface area contributed by atoms with Crippen LogP contribution in [0.1, 0.15) is 23.7 Å². The van der Waals surface area contributed by atoms with Gasteiger partial charge >= 0.3 is 0 Å².